The fourth-order valence-electron chi connectivity index (χ4n) is 3.46. The number of benzene rings is 1. The number of hydrogen-bond acceptors (Lipinski definition) is 2. The number of nitrogens with one attached hydrogen (secondary N) is 1. The molecule has 1 aromatic heterocycles. The van der Waals surface area contributed by atoms with Crippen molar-refractivity contribution in [1.29, 1.82) is 0 Å². The van der Waals surface area contributed by atoms with Gasteiger partial charge in [0.25, 0.3) is 0 Å². The second kappa shape index (κ2) is 6.44. The minimum Gasteiger partial charge on any atom is -0.303 e. The molecule has 1 saturated heterocycles. The maximum atomic E-state index is 4.33. The summed E-state index contributed by atoms with van der Waals surface area (Å²) < 4.78 is 0. The highest BCUT2D eigenvalue weighted by molar-refractivity contribution is 5.66. The van der Waals surface area contributed by atoms with Gasteiger partial charge in [-0.25, -0.2) is 0 Å². The van der Waals surface area contributed by atoms with Crippen molar-refractivity contribution in [3.8, 4) is 11.1 Å². The molecule has 3 rings (SSSR count). The first-order valence-electron chi connectivity index (χ1n) is 8.10. The predicted molar refractivity (Wildman–Crippen MR) is 87.5 cm³/mol. The fourth-order valence-corrected chi connectivity index (χ4v) is 3.46. The second-order valence-corrected chi connectivity index (χ2v) is 6.21. The topological polar surface area (TPSA) is 31.9 Å². The molecule has 1 fully saturated rings. The molecule has 1 aliphatic rings. The lowest BCUT2D eigenvalue weighted by atomic mass is 9.90. The van der Waals surface area contributed by atoms with Crippen LogP contribution in [-0.2, 0) is 0 Å². The van der Waals surface area contributed by atoms with Gasteiger partial charge in [-0.15, -0.1) is 0 Å². The summed E-state index contributed by atoms with van der Waals surface area (Å²) >= 11 is 0. The summed E-state index contributed by atoms with van der Waals surface area (Å²) in [6, 6.07) is 8.72. The smallest absolute Gasteiger partial charge is 0.0568 e. The van der Waals surface area contributed by atoms with Crippen molar-refractivity contribution in [1.82, 2.24) is 15.1 Å². The van der Waals surface area contributed by atoms with Crippen molar-refractivity contribution in [2.45, 2.75) is 39.0 Å². The summed E-state index contributed by atoms with van der Waals surface area (Å²) in [6.45, 7) is 8.03. The van der Waals surface area contributed by atoms with Crippen molar-refractivity contribution in [3.05, 3.63) is 41.7 Å². The van der Waals surface area contributed by atoms with Crippen molar-refractivity contribution < 1.29 is 0 Å². The van der Waals surface area contributed by atoms with Gasteiger partial charge in [0.2, 0.25) is 0 Å². The minimum atomic E-state index is 0.586. The molecule has 0 radical (unpaired) electrons. The van der Waals surface area contributed by atoms with Crippen LogP contribution < -0.4 is 0 Å². The number of aromatic nitrogens is 2. The number of nitrogens with zero attached hydrogens (tertiary/aromatic N) is 2. The Bertz CT molecular complexity index is 586. The average molecular weight is 283 g/mol. The van der Waals surface area contributed by atoms with Gasteiger partial charge in [-0.2, -0.15) is 5.10 Å². The van der Waals surface area contributed by atoms with E-state index < -0.39 is 0 Å². The van der Waals surface area contributed by atoms with E-state index in [-0.39, 0.29) is 0 Å². The molecule has 21 heavy (non-hydrogen) atoms. The number of hydrogen-bond donors (Lipinski definition) is 1. The normalized spacial score (nSPS) is 19.8. The summed E-state index contributed by atoms with van der Waals surface area (Å²) in [5, 5.41) is 7.61. The lowest BCUT2D eigenvalue weighted by Gasteiger charge is -2.32. The third-order valence-electron chi connectivity index (χ3n) is 4.45. The maximum Gasteiger partial charge on any atom is 0.0568 e. The molecule has 0 saturated carbocycles. The predicted octanol–water partition coefficient (Wildman–Crippen LogP) is 3.97. The van der Waals surface area contributed by atoms with Crippen LogP contribution in [-0.4, -0.2) is 34.7 Å². The number of rotatable bonds is 4. The summed E-state index contributed by atoms with van der Waals surface area (Å²) in [6.07, 6.45) is 5.78. The molecule has 2 heterocycles. The van der Waals surface area contributed by atoms with Crippen LogP contribution in [0.2, 0.25) is 0 Å². The van der Waals surface area contributed by atoms with Crippen LogP contribution in [0.1, 0.15) is 43.4 Å². The number of piperidine rings is 1. The Morgan fingerprint density at radius 3 is 3.10 bits per heavy atom. The number of aromatic amines is 1. The summed E-state index contributed by atoms with van der Waals surface area (Å²) in [4.78, 5) is 2.59. The van der Waals surface area contributed by atoms with Crippen LogP contribution in [0.5, 0.6) is 0 Å². The Morgan fingerprint density at radius 1 is 1.38 bits per heavy atom. The van der Waals surface area contributed by atoms with Crippen LogP contribution in [0, 0.1) is 6.92 Å². The first-order chi connectivity index (χ1) is 10.3. The first-order valence-corrected chi connectivity index (χ1v) is 8.10. The van der Waals surface area contributed by atoms with Gasteiger partial charge in [-0.1, -0.05) is 36.8 Å². The van der Waals surface area contributed by atoms with E-state index in [4.69, 9.17) is 0 Å². The van der Waals surface area contributed by atoms with Crippen LogP contribution >= 0.6 is 0 Å². The molecule has 3 heteroatoms. The molecule has 2 aromatic rings. The maximum absolute atomic E-state index is 4.33. The molecule has 112 valence electrons. The molecule has 0 unspecified atom stereocenters. The first kappa shape index (κ1) is 14.3. The average Bonchev–Trinajstić information content (AvgIpc) is 2.97. The van der Waals surface area contributed by atoms with E-state index in [1.165, 1.54) is 54.7 Å². The Balaban J connectivity index is 1.85. The van der Waals surface area contributed by atoms with Gasteiger partial charge in [0.05, 0.1) is 6.20 Å². The van der Waals surface area contributed by atoms with E-state index >= 15 is 0 Å². The molecule has 0 spiro atoms. The molecular weight excluding hydrogens is 258 g/mol. The Morgan fingerprint density at radius 2 is 2.29 bits per heavy atom. The van der Waals surface area contributed by atoms with Crippen LogP contribution in [0.4, 0.5) is 0 Å². The SMILES string of the molecule is CCCN1CCC[C@H](c2[nH]ncc2-c2cccc(C)c2)C1. The largest absolute Gasteiger partial charge is 0.303 e. The minimum absolute atomic E-state index is 0.586. The molecule has 0 bridgehead atoms. The second-order valence-electron chi connectivity index (χ2n) is 6.21. The number of likely N-dealkylation sites (tertiary alicyclic amines) is 1. The Kier molecular flexibility index (Phi) is 4.39. The lowest BCUT2D eigenvalue weighted by Crippen LogP contribution is -2.35. The van der Waals surface area contributed by atoms with Crippen LogP contribution in [0.3, 0.4) is 0 Å². The summed E-state index contributed by atoms with van der Waals surface area (Å²) in [7, 11) is 0. The molecule has 3 nitrogen and oxygen atoms in total. The van der Waals surface area contributed by atoms with Crippen molar-refractivity contribution in [2.75, 3.05) is 19.6 Å². The zero-order chi connectivity index (χ0) is 14.7. The molecule has 1 aliphatic heterocycles. The van der Waals surface area contributed by atoms with Gasteiger partial charge < -0.3 is 4.90 Å². The summed E-state index contributed by atoms with van der Waals surface area (Å²) in [5.74, 6) is 0.586. The standard InChI is InChI=1S/C18H25N3/c1-3-9-21-10-5-8-16(13-21)18-17(12-19-20-18)15-7-4-6-14(2)11-15/h4,6-7,11-12,16H,3,5,8-10,13H2,1-2H3,(H,19,20)/t16-/m0/s1. The van der Waals surface area contributed by atoms with Gasteiger partial charge in [-0.05, 0) is 44.8 Å². The van der Waals surface area contributed by atoms with E-state index in [2.05, 4.69) is 53.2 Å². The van der Waals surface area contributed by atoms with E-state index in [9.17, 15) is 0 Å². The quantitative estimate of drug-likeness (QED) is 0.920. The molecule has 1 N–H and O–H groups in total. The lowest BCUT2D eigenvalue weighted by molar-refractivity contribution is 0.207. The van der Waals surface area contributed by atoms with E-state index in [0.717, 1.165) is 6.54 Å². The number of aryl methyl sites for hydroxylation is 1. The molecule has 0 amide bonds. The van der Waals surface area contributed by atoms with Crippen LogP contribution in [0.25, 0.3) is 11.1 Å². The third-order valence-corrected chi connectivity index (χ3v) is 4.45. The van der Waals surface area contributed by atoms with E-state index in [0.29, 0.717) is 5.92 Å². The Hall–Kier alpha value is -1.61. The highest BCUT2D eigenvalue weighted by Gasteiger charge is 2.24. The fraction of sp³-hybridized carbons (Fsp3) is 0.500. The highest BCUT2D eigenvalue weighted by Crippen LogP contribution is 2.33. The Labute approximate surface area is 127 Å². The van der Waals surface area contributed by atoms with E-state index in [1.54, 1.807) is 0 Å². The molecule has 1 atom stereocenters. The van der Waals surface area contributed by atoms with Crippen molar-refractivity contribution in [2.24, 2.45) is 0 Å². The number of H-pyrrole nitrogens is 1. The highest BCUT2D eigenvalue weighted by atomic mass is 15.1. The zero-order valence-electron chi connectivity index (χ0n) is 13.1. The van der Waals surface area contributed by atoms with Gasteiger partial charge in [0.15, 0.2) is 0 Å². The van der Waals surface area contributed by atoms with Gasteiger partial charge in [-0.3, -0.25) is 5.10 Å². The van der Waals surface area contributed by atoms with Crippen LogP contribution in [0.15, 0.2) is 30.5 Å². The van der Waals surface area contributed by atoms with Gasteiger partial charge in [0.1, 0.15) is 0 Å². The van der Waals surface area contributed by atoms with Gasteiger partial charge in [0, 0.05) is 23.7 Å². The molecule has 1 aromatic carbocycles. The van der Waals surface area contributed by atoms with E-state index in [1.807, 2.05) is 6.20 Å². The van der Waals surface area contributed by atoms with Crippen molar-refractivity contribution >= 4 is 0 Å². The van der Waals surface area contributed by atoms with Gasteiger partial charge >= 0.3 is 0 Å². The molecule has 0 aliphatic carbocycles. The monoisotopic (exact) mass is 283 g/mol. The molecular formula is C18H25N3. The summed E-state index contributed by atoms with van der Waals surface area (Å²) in [5.41, 5.74) is 5.19. The zero-order valence-corrected chi connectivity index (χ0v) is 13.1. The third kappa shape index (κ3) is 3.18. The van der Waals surface area contributed by atoms with Crippen molar-refractivity contribution in [3.63, 3.8) is 0 Å².